The molecule has 2 heterocycles. The van der Waals surface area contributed by atoms with Crippen molar-refractivity contribution in [2.45, 2.75) is 19.5 Å². The smallest absolute Gasteiger partial charge is 0.324 e. The van der Waals surface area contributed by atoms with Gasteiger partial charge in [0.25, 0.3) is 0 Å². The van der Waals surface area contributed by atoms with Gasteiger partial charge < -0.3 is 15.0 Å². The van der Waals surface area contributed by atoms with E-state index in [0.29, 0.717) is 13.2 Å². The Kier molecular flexibility index (Phi) is 6.11. The standard InChI is InChI=1S/C15H25N5O2/c1-4-22-15(21)13-12(10-18-19-13)9-16-8-11-6-5-7-17-14(11)20(2)3/h5-7,12-13,16,18-19H,4,8-10H2,1-3H3. The van der Waals surface area contributed by atoms with Crippen molar-refractivity contribution in [3.8, 4) is 0 Å². The molecule has 0 bridgehead atoms. The second kappa shape index (κ2) is 8.07. The number of anilines is 1. The van der Waals surface area contributed by atoms with Crippen LogP contribution in [0.5, 0.6) is 0 Å². The molecule has 1 fully saturated rings. The van der Waals surface area contributed by atoms with Crippen molar-refractivity contribution in [2.75, 3.05) is 38.7 Å². The fourth-order valence-corrected chi connectivity index (χ4v) is 2.57. The molecule has 0 saturated carbocycles. The summed E-state index contributed by atoms with van der Waals surface area (Å²) in [4.78, 5) is 18.2. The second-order valence-corrected chi connectivity index (χ2v) is 5.53. The number of carbonyl (C=O) groups excluding carboxylic acids is 1. The third kappa shape index (κ3) is 4.16. The summed E-state index contributed by atoms with van der Waals surface area (Å²) in [6.07, 6.45) is 1.79. The number of ether oxygens (including phenoxy) is 1. The average Bonchev–Trinajstić information content (AvgIpc) is 2.96. The number of esters is 1. The SMILES string of the molecule is CCOC(=O)C1NNCC1CNCc1cccnc1N(C)C. The van der Waals surface area contributed by atoms with Crippen LogP contribution in [0.4, 0.5) is 5.82 Å². The van der Waals surface area contributed by atoms with Gasteiger partial charge in [0.1, 0.15) is 11.9 Å². The minimum absolute atomic E-state index is 0.165. The molecule has 1 aliphatic rings. The third-order valence-electron chi connectivity index (χ3n) is 3.65. The molecule has 7 nitrogen and oxygen atoms in total. The lowest BCUT2D eigenvalue weighted by Crippen LogP contribution is -2.42. The number of nitrogens with zero attached hydrogens (tertiary/aromatic N) is 2. The molecule has 3 N–H and O–H groups in total. The lowest BCUT2D eigenvalue weighted by molar-refractivity contribution is -0.146. The van der Waals surface area contributed by atoms with Crippen LogP contribution in [0.2, 0.25) is 0 Å². The highest BCUT2D eigenvalue weighted by Gasteiger charge is 2.33. The fraction of sp³-hybridized carbons (Fsp3) is 0.600. The van der Waals surface area contributed by atoms with Crippen LogP contribution in [-0.2, 0) is 16.1 Å². The zero-order valence-corrected chi connectivity index (χ0v) is 13.4. The van der Waals surface area contributed by atoms with E-state index in [0.717, 1.165) is 24.5 Å². The predicted molar refractivity (Wildman–Crippen MR) is 85.3 cm³/mol. The predicted octanol–water partition coefficient (Wildman–Crippen LogP) is -0.107. The number of nitrogens with one attached hydrogen (secondary N) is 3. The molecule has 122 valence electrons. The first-order valence-corrected chi connectivity index (χ1v) is 7.60. The molecule has 2 atom stereocenters. The Labute approximate surface area is 131 Å². The van der Waals surface area contributed by atoms with Gasteiger partial charge in [0, 0.05) is 51.4 Å². The van der Waals surface area contributed by atoms with Crippen LogP contribution in [0.25, 0.3) is 0 Å². The fourth-order valence-electron chi connectivity index (χ4n) is 2.57. The normalized spacial score (nSPS) is 20.9. The zero-order chi connectivity index (χ0) is 15.9. The van der Waals surface area contributed by atoms with E-state index in [1.54, 1.807) is 6.20 Å². The van der Waals surface area contributed by atoms with Gasteiger partial charge in [-0.15, -0.1) is 0 Å². The first-order chi connectivity index (χ1) is 10.6. The Balaban J connectivity index is 1.87. The molecule has 1 aromatic rings. The second-order valence-electron chi connectivity index (χ2n) is 5.53. The number of carbonyl (C=O) groups is 1. The van der Waals surface area contributed by atoms with Crippen LogP contribution < -0.4 is 21.1 Å². The highest BCUT2D eigenvalue weighted by atomic mass is 16.5. The van der Waals surface area contributed by atoms with Gasteiger partial charge in [0.15, 0.2) is 0 Å². The van der Waals surface area contributed by atoms with Gasteiger partial charge in [-0.25, -0.2) is 10.4 Å². The molecule has 0 spiro atoms. The Morgan fingerprint density at radius 2 is 2.36 bits per heavy atom. The molecular weight excluding hydrogens is 282 g/mol. The van der Waals surface area contributed by atoms with Crippen LogP contribution in [0.1, 0.15) is 12.5 Å². The van der Waals surface area contributed by atoms with E-state index in [2.05, 4.69) is 27.2 Å². The summed E-state index contributed by atoms with van der Waals surface area (Å²) >= 11 is 0. The van der Waals surface area contributed by atoms with Gasteiger partial charge >= 0.3 is 5.97 Å². The van der Waals surface area contributed by atoms with E-state index in [1.165, 1.54) is 0 Å². The molecule has 22 heavy (non-hydrogen) atoms. The van der Waals surface area contributed by atoms with Crippen LogP contribution in [0.15, 0.2) is 18.3 Å². The van der Waals surface area contributed by atoms with Crippen LogP contribution in [0.3, 0.4) is 0 Å². The van der Waals surface area contributed by atoms with Crippen molar-refractivity contribution < 1.29 is 9.53 Å². The van der Waals surface area contributed by atoms with Gasteiger partial charge in [-0.3, -0.25) is 10.2 Å². The highest BCUT2D eigenvalue weighted by molar-refractivity contribution is 5.76. The minimum atomic E-state index is -0.297. The van der Waals surface area contributed by atoms with Crippen LogP contribution >= 0.6 is 0 Å². The molecule has 2 unspecified atom stereocenters. The van der Waals surface area contributed by atoms with Crippen LogP contribution in [0, 0.1) is 5.92 Å². The Morgan fingerprint density at radius 3 is 3.09 bits per heavy atom. The molecule has 0 aliphatic carbocycles. The van der Waals surface area contributed by atoms with E-state index < -0.39 is 0 Å². The summed E-state index contributed by atoms with van der Waals surface area (Å²) in [5, 5.41) is 3.41. The number of rotatable bonds is 7. The Bertz CT molecular complexity index is 495. The summed E-state index contributed by atoms with van der Waals surface area (Å²) in [6.45, 7) is 4.40. The molecule has 1 saturated heterocycles. The highest BCUT2D eigenvalue weighted by Crippen LogP contribution is 2.14. The number of pyridine rings is 1. The number of aromatic nitrogens is 1. The number of hydrogen-bond acceptors (Lipinski definition) is 7. The molecule has 7 heteroatoms. The maximum Gasteiger partial charge on any atom is 0.324 e. The Morgan fingerprint density at radius 1 is 1.55 bits per heavy atom. The monoisotopic (exact) mass is 307 g/mol. The van der Waals surface area contributed by atoms with Crippen molar-refractivity contribution in [1.82, 2.24) is 21.2 Å². The number of hydrazine groups is 1. The number of hydrogen-bond donors (Lipinski definition) is 3. The summed E-state index contributed by atoms with van der Waals surface area (Å²) in [6, 6.07) is 3.70. The van der Waals surface area contributed by atoms with E-state index in [9.17, 15) is 4.79 Å². The molecule has 0 amide bonds. The Hall–Kier alpha value is -1.70. The molecular formula is C15H25N5O2. The van der Waals surface area contributed by atoms with E-state index in [4.69, 9.17) is 4.74 Å². The van der Waals surface area contributed by atoms with Gasteiger partial charge in [-0.05, 0) is 13.0 Å². The molecule has 0 radical (unpaired) electrons. The van der Waals surface area contributed by atoms with Crippen molar-refractivity contribution in [1.29, 1.82) is 0 Å². The van der Waals surface area contributed by atoms with E-state index >= 15 is 0 Å². The van der Waals surface area contributed by atoms with Gasteiger partial charge in [-0.2, -0.15) is 0 Å². The maximum atomic E-state index is 11.9. The molecule has 1 aliphatic heterocycles. The molecule has 0 aromatic carbocycles. The largest absolute Gasteiger partial charge is 0.465 e. The molecule has 1 aromatic heterocycles. The summed E-state index contributed by atoms with van der Waals surface area (Å²) in [5.74, 6) is 0.924. The summed E-state index contributed by atoms with van der Waals surface area (Å²) in [7, 11) is 3.96. The van der Waals surface area contributed by atoms with E-state index in [-0.39, 0.29) is 17.9 Å². The third-order valence-corrected chi connectivity index (χ3v) is 3.65. The maximum absolute atomic E-state index is 11.9. The zero-order valence-electron chi connectivity index (χ0n) is 13.4. The molecule has 2 rings (SSSR count). The van der Waals surface area contributed by atoms with Crippen molar-refractivity contribution >= 4 is 11.8 Å². The van der Waals surface area contributed by atoms with E-state index in [1.807, 2.05) is 32.0 Å². The quantitative estimate of drug-likeness (QED) is 0.607. The average molecular weight is 307 g/mol. The van der Waals surface area contributed by atoms with Crippen molar-refractivity contribution in [2.24, 2.45) is 5.92 Å². The lowest BCUT2D eigenvalue weighted by atomic mass is 10.0. The van der Waals surface area contributed by atoms with Gasteiger partial charge in [-0.1, -0.05) is 6.07 Å². The first-order valence-electron chi connectivity index (χ1n) is 7.60. The summed E-state index contributed by atoms with van der Waals surface area (Å²) in [5.41, 5.74) is 7.15. The summed E-state index contributed by atoms with van der Waals surface area (Å²) < 4.78 is 5.09. The first kappa shape index (κ1) is 16.7. The van der Waals surface area contributed by atoms with Crippen molar-refractivity contribution in [3.63, 3.8) is 0 Å². The lowest BCUT2D eigenvalue weighted by Gasteiger charge is -2.19. The minimum Gasteiger partial charge on any atom is -0.465 e. The van der Waals surface area contributed by atoms with Gasteiger partial charge in [0.2, 0.25) is 0 Å². The topological polar surface area (TPSA) is 78.5 Å². The van der Waals surface area contributed by atoms with Crippen molar-refractivity contribution in [3.05, 3.63) is 23.9 Å². The van der Waals surface area contributed by atoms with Crippen LogP contribution in [-0.4, -0.2) is 50.8 Å². The van der Waals surface area contributed by atoms with Gasteiger partial charge in [0.05, 0.1) is 6.61 Å².